The predicted octanol–water partition coefficient (Wildman–Crippen LogP) is 4.24. The topological polar surface area (TPSA) is 81.7 Å². The summed E-state index contributed by atoms with van der Waals surface area (Å²) in [6.07, 6.45) is 8.64. The standard InChI is InChI=1S/C27H41N3O3/c1-6-7-8-9-10-11-12-13-14-21-15-16-22-17-23(18-31)29-27(33)25(19(2)3)30(5)26(22)24(21)28-20(4)32/h15-16,19,23,25,31H,6-12,17-18H2,1-5H3,(H,28,32)(H,29,33)/t23-,25-/m0/s1. The molecule has 1 heterocycles. The number of fused-ring (bicyclic) bond motifs is 1. The third-order valence-electron chi connectivity index (χ3n) is 6.14. The van der Waals surface area contributed by atoms with E-state index in [2.05, 4.69) is 29.4 Å². The molecule has 2 rings (SSSR count). The van der Waals surface area contributed by atoms with E-state index in [1.807, 2.05) is 37.9 Å². The highest BCUT2D eigenvalue weighted by molar-refractivity contribution is 5.97. The Morgan fingerprint density at radius 2 is 1.94 bits per heavy atom. The zero-order chi connectivity index (χ0) is 24.4. The summed E-state index contributed by atoms with van der Waals surface area (Å²) >= 11 is 0. The second kappa shape index (κ2) is 13.3. The Morgan fingerprint density at radius 1 is 1.24 bits per heavy atom. The summed E-state index contributed by atoms with van der Waals surface area (Å²) in [6.45, 7) is 7.56. The van der Waals surface area contributed by atoms with Gasteiger partial charge < -0.3 is 20.6 Å². The van der Waals surface area contributed by atoms with Gasteiger partial charge in [0.05, 0.1) is 29.6 Å². The molecule has 2 atom stereocenters. The van der Waals surface area contributed by atoms with Crippen molar-refractivity contribution >= 4 is 23.2 Å². The molecule has 0 saturated heterocycles. The van der Waals surface area contributed by atoms with E-state index in [1.54, 1.807) is 0 Å². The summed E-state index contributed by atoms with van der Waals surface area (Å²) in [7, 11) is 1.89. The van der Waals surface area contributed by atoms with E-state index in [-0.39, 0.29) is 30.4 Å². The molecule has 0 aromatic heterocycles. The number of aliphatic hydroxyl groups excluding tert-OH is 1. The van der Waals surface area contributed by atoms with Crippen LogP contribution in [0, 0.1) is 17.8 Å². The number of nitrogens with zero attached hydrogens (tertiary/aromatic N) is 1. The number of likely N-dealkylation sites (N-methyl/N-ethyl adjacent to an activating group) is 1. The van der Waals surface area contributed by atoms with Crippen molar-refractivity contribution in [1.82, 2.24) is 5.32 Å². The fourth-order valence-corrected chi connectivity index (χ4v) is 4.54. The summed E-state index contributed by atoms with van der Waals surface area (Å²) in [4.78, 5) is 27.0. The van der Waals surface area contributed by atoms with Crippen molar-refractivity contribution in [3.05, 3.63) is 23.3 Å². The molecule has 1 aromatic rings. The Morgan fingerprint density at radius 3 is 2.58 bits per heavy atom. The molecule has 3 N–H and O–H groups in total. The van der Waals surface area contributed by atoms with Crippen molar-refractivity contribution in [3.63, 3.8) is 0 Å². The molecule has 33 heavy (non-hydrogen) atoms. The van der Waals surface area contributed by atoms with Crippen molar-refractivity contribution in [2.45, 2.75) is 91.1 Å². The predicted molar refractivity (Wildman–Crippen MR) is 135 cm³/mol. The maximum absolute atomic E-state index is 13.0. The van der Waals surface area contributed by atoms with Crippen LogP contribution < -0.4 is 15.5 Å². The zero-order valence-electron chi connectivity index (χ0n) is 21.0. The van der Waals surface area contributed by atoms with Crippen molar-refractivity contribution in [2.75, 3.05) is 23.9 Å². The quantitative estimate of drug-likeness (QED) is 0.384. The second-order valence-electron chi connectivity index (χ2n) is 9.39. The van der Waals surface area contributed by atoms with Crippen LogP contribution in [-0.2, 0) is 16.0 Å². The number of rotatable bonds is 9. The molecule has 2 amide bonds. The number of unbranched alkanes of at least 4 members (excludes halogenated alkanes) is 6. The molecule has 0 aliphatic carbocycles. The Labute approximate surface area is 199 Å². The Kier molecular flexibility index (Phi) is 10.7. The smallest absolute Gasteiger partial charge is 0.243 e. The average Bonchev–Trinajstić information content (AvgIpc) is 2.74. The summed E-state index contributed by atoms with van der Waals surface area (Å²) in [6, 6.07) is 3.13. The van der Waals surface area contributed by atoms with Crippen LogP contribution in [0.25, 0.3) is 0 Å². The number of hydrogen-bond acceptors (Lipinski definition) is 4. The van der Waals surface area contributed by atoms with Crippen molar-refractivity contribution in [1.29, 1.82) is 0 Å². The number of benzene rings is 1. The van der Waals surface area contributed by atoms with E-state index in [0.29, 0.717) is 12.1 Å². The molecule has 6 heteroatoms. The Balaban J connectivity index is 2.40. The van der Waals surface area contributed by atoms with Crippen LogP contribution >= 0.6 is 0 Å². The minimum atomic E-state index is -0.433. The lowest BCUT2D eigenvalue weighted by molar-refractivity contribution is -0.124. The highest BCUT2D eigenvalue weighted by Crippen LogP contribution is 2.37. The van der Waals surface area contributed by atoms with Gasteiger partial charge in [0.15, 0.2) is 0 Å². The second-order valence-corrected chi connectivity index (χ2v) is 9.39. The van der Waals surface area contributed by atoms with E-state index in [0.717, 1.165) is 29.7 Å². The lowest BCUT2D eigenvalue weighted by Gasteiger charge is -2.38. The first-order chi connectivity index (χ1) is 15.8. The van der Waals surface area contributed by atoms with Crippen LogP contribution in [0.3, 0.4) is 0 Å². The Hall–Kier alpha value is -2.52. The molecule has 0 radical (unpaired) electrons. The van der Waals surface area contributed by atoms with E-state index in [1.165, 1.54) is 39.0 Å². The van der Waals surface area contributed by atoms with Gasteiger partial charge in [-0.3, -0.25) is 9.59 Å². The van der Waals surface area contributed by atoms with Gasteiger partial charge in [-0.25, -0.2) is 0 Å². The minimum absolute atomic E-state index is 0.0351. The summed E-state index contributed by atoms with van der Waals surface area (Å²) in [5, 5.41) is 15.8. The molecule has 1 aliphatic heterocycles. The molecule has 6 nitrogen and oxygen atoms in total. The fraction of sp³-hybridized carbons (Fsp3) is 0.630. The van der Waals surface area contributed by atoms with Gasteiger partial charge in [-0.1, -0.05) is 70.8 Å². The maximum Gasteiger partial charge on any atom is 0.243 e. The first-order valence-corrected chi connectivity index (χ1v) is 12.4. The SMILES string of the molecule is CCCCCCCCC#Cc1ccc2c(c1NC(C)=O)N(C)[C@@H](C(C)C)C(=O)N[C@H](CO)C2. The van der Waals surface area contributed by atoms with E-state index in [9.17, 15) is 14.7 Å². The molecule has 0 unspecified atom stereocenters. The number of carbonyl (C=O) groups is 2. The lowest BCUT2D eigenvalue weighted by Crippen LogP contribution is -2.54. The summed E-state index contributed by atoms with van der Waals surface area (Å²) in [5.41, 5.74) is 3.18. The largest absolute Gasteiger partial charge is 0.394 e. The van der Waals surface area contributed by atoms with Gasteiger partial charge >= 0.3 is 0 Å². The van der Waals surface area contributed by atoms with Crippen LogP contribution in [-0.4, -0.2) is 42.7 Å². The number of anilines is 2. The highest BCUT2D eigenvalue weighted by atomic mass is 16.3. The molecule has 1 aromatic carbocycles. The normalized spacial score (nSPS) is 18.0. The highest BCUT2D eigenvalue weighted by Gasteiger charge is 2.34. The Bertz CT molecular complexity index is 869. The van der Waals surface area contributed by atoms with Crippen LogP contribution in [0.4, 0.5) is 11.4 Å². The third-order valence-corrected chi connectivity index (χ3v) is 6.14. The van der Waals surface area contributed by atoms with Crippen molar-refractivity contribution in [3.8, 4) is 11.8 Å². The zero-order valence-corrected chi connectivity index (χ0v) is 21.0. The fourth-order valence-electron chi connectivity index (χ4n) is 4.54. The van der Waals surface area contributed by atoms with Gasteiger partial charge in [-0.05, 0) is 30.4 Å². The molecule has 0 saturated carbocycles. The summed E-state index contributed by atoms with van der Waals surface area (Å²) in [5.74, 6) is 6.28. The average molecular weight is 456 g/mol. The monoisotopic (exact) mass is 455 g/mol. The van der Waals surface area contributed by atoms with Crippen LogP contribution in [0.5, 0.6) is 0 Å². The van der Waals surface area contributed by atoms with Gasteiger partial charge in [0, 0.05) is 20.4 Å². The third kappa shape index (κ3) is 7.50. The first kappa shape index (κ1) is 26.7. The van der Waals surface area contributed by atoms with E-state index >= 15 is 0 Å². The lowest BCUT2D eigenvalue weighted by atomic mass is 9.93. The van der Waals surface area contributed by atoms with Gasteiger partial charge in [-0.15, -0.1) is 0 Å². The van der Waals surface area contributed by atoms with E-state index in [4.69, 9.17) is 0 Å². The van der Waals surface area contributed by atoms with Gasteiger partial charge in [0.25, 0.3) is 0 Å². The number of aliphatic hydroxyl groups is 1. The number of carbonyl (C=O) groups excluding carboxylic acids is 2. The molecule has 0 spiro atoms. The number of amides is 2. The summed E-state index contributed by atoms with van der Waals surface area (Å²) < 4.78 is 0. The molecule has 0 bridgehead atoms. The molecule has 182 valence electrons. The van der Waals surface area contributed by atoms with Crippen LogP contribution in [0.1, 0.15) is 83.8 Å². The maximum atomic E-state index is 13.0. The van der Waals surface area contributed by atoms with Crippen LogP contribution in [0.2, 0.25) is 0 Å². The first-order valence-electron chi connectivity index (χ1n) is 12.4. The molecule has 0 fully saturated rings. The molecule has 1 aliphatic rings. The van der Waals surface area contributed by atoms with Crippen LogP contribution in [0.15, 0.2) is 12.1 Å². The van der Waals surface area contributed by atoms with Crippen molar-refractivity contribution in [2.24, 2.45) is 5.92 Å². The van der Waals surface area contributed by atoms with Gasteiger partial charge in [0.2, 0.25) is 11.8 Å². The molecular weight excluding hydrogens is 414 g/mol. The minimum Gasteiger partial charge on any atom is -0.394 e. The molecular formula is C27H41N3O3. The number of nitrogens with one attached hydrogen (secondary N) is 2. The van der Waals surface area contributed by atoms with E-state index < -0.39 is 6.04 Å². The van der Waals surface area contributed by atoms with Gasteiger partial charge in [0.1, 0.15) is 6.04 Å². The van der Waals surface area contributed by atoms with Gasteiger partial charge in [-0.2, -0.15) is 0 Å². The van der Waals surface area contributed by atoms with Crippen molar-refractivity contribution < 1.29 is 14.7 Å². The number of hydrogen-bond donors (Lipinski definition) is 3.